The summed E-state index contributed by atoms with van der Waals surface area (Å²) in [4.78, 5) is 56.1. The average Bonchev–Trinajstić information content (AvgIpc) is 3.47. The second kappa shape index (κ2) is 14.8. The van der Waals surface area contributed by atoms with Crippen molar-refractivity contribution in [3.05, 3.63) is 71.3 Å². The van der Waals surface area contributed by atoms with E-state index >= 15 is 0 Å². The van der Waals surface area contributed by atoms with Gasteiger partial charge in [-0.2, -0.15) is 0 Å². The van der Waals surface area contributed by atoms with Gasteiger partial charge in [0.2, 0.25) is 23.6 Å². The number of likely N-dealkylation sites (N-methyl/N-ethyl adjacent to an activating group) is 1. The molecule has 0 bridgehead atoms. The first kappa shape index (κ1) is 31.7. The summed E-state index contributed by atoms with van der Waals surface area (Å²) in [5.74, 6) is -0.821. The van der Waals surface area contributed by atoms with Crippen molar-refractivity contribution in [2.24, 2.45) is 5.92 Å². The van der Waals surface area contributed by atoms with Crippen molar-refractivity contribution < 1.29 is 19.2 Å². The van der Waals surface area contributed by atoms with Crippen molar-refractivity contribution in [2.45, 2.75) is 101 Å². The molecule has 2 fully saturated rings. The van der Waals surface area contributed by atoms with Crippen LogP contribution in [0, 0.1) is 5.92 Å². The van der Waals surface area contributed by atoms with Crippen molar-refractivity contribution in [1.82, 2.24) is 26.2 Å². The van der Waals surface area contributed by atoms with Crippen molar-refractivity contribution in [3.8, 4) is 0 Å². The van der Waals surface area contributed by atoms with Gasteiger partial charge in [-0.1, -0.05) is 73.9 Å². The van der Waals surface area contributed by atoms with Crippen LogP contribution in [-0.4, -0.2) is 66.3 Å². The van der Waals surface area contributed by atoms with Crippen molar-refractivity contribution in [1.29, 1.82) is 0 Å². The van der Waals surface area contributed by atoms with Gasteiger partial charge < -0.3 is 26.2 Å². The summed E-state index contributed by atoms with van der Waals surface area (Å²) in [6, 6.07) is 15.3. The molecular weight excluding hydrogens is 554 g/mol. The minimum atomic E-state index is -0.747. The molecule has 236 valence electrons. The summed E-state index contributed by atoms with van der Waals surface area (Å²) < 4.78 is 0. The summed E-state index contributed by atoms with van der Waals surface area (Å²) in [6.45, 7) is 1.99. The second-order valence-electron chi connectivity index (χ2n) is 12.7. The first-order valence-electron chi connectivity index (χ1n) is 16.3. The van der Waals surface area contributed by atoms with Crippen LogP contribution in [0.2, 0.25) is 0 Å². The molecule has 1 saturated heterocycles. The fraction of sp³-hybridized carbons (Fsp3) is 0.543. The standard InChI is InChI=1S/C35H47N5O4/c1-23(36-2)33(42)39-32(26-15-7-4-8-16-26)35(44)40-22-27(37-31(41)20-24-12-5-3-6-13-24)21-30(40)34(43)38-29-19-11-17-25-14-9-10-18-28(25)29/h3,5-6,9-10,12-14,18,23,26-27,29-30,32,36H,4,7-8,11,15-17,19-22H2,1-2H3,(H,37,41)(H,38,43)(H,39,42). The summed E-state index contributed by atoms with van der Waals surface area (Å²) in [7, 11) is 1.72. The van der Waals surface area contributed by atoms with Crippen molar-refractivity contribution in [3.63, 3.8) is 0 Å². The van der Waals surface area contributed by atoms with Gasteiger partial charge in [0.25, 0.3) is 0 Å². The molecule has 9 nitrogen and oxygen atoms in total. The molecular formula is C35H47N5O4. The third kappa shape index (κ3) is 7.67. The molecule has 5 atom stereocenters. The van der Waals surface area contributed by atoms with Crippen LogP contribution in [-0.2, 0) is 32.0 Å². The van der Waals surface area contributed by atoms with Crippen LogP contribution in [0.15, 0.2) is 54.6 Å². The highest BCUT2D eigenvalue weighted by molar-refractivity contribution is 5.94. The van der Waals surface area contributed by atoms with E-state index in [2.05, 4.69) is 33.4 Å². The lowest BCUT2D eigenvalue weighted by molar-refractivity contribution is -0.143. The van der Waals surface area contributed by atoms with Crippen molar-refractivity contribution >= 4 is 23.6 Å². The third-order valence-electron chi connectivity index (χ3n) is 9.66. The number of nitrogens with one attached hydrogen (secondary N) is 4. The minimum absolute atomic E-state index is 0.00455. The average molecular weight is 602 g/mol. The molecule has 1 saturated carbocycles. The fourth-order valence-electron chi connectivity index (χ4n) is 7.10. The van der Waals surface area contributed by atoms with Gasteiger partial charge in [-0.05, 0) is 75.1 Å². The molecule has 2 aliphatic carbocycles. The summed E-state index contributed by atoms with van der Waals surface area (Å²) in [5, 5.41) is 12.4. The molecule has 0 radical (unpaired) electrons. The Bertz CT molecular complexity index is 1310. The highest BCUT2D eigenvalue weighted by atomic mass is 16.2. The molecule has 9 heteroatoms. The van der Waals surface area contributed by atoms with Crippen LogP contribution in [0.3, 0.4) is 0 Å². The first-order chi connectivity index (χ1) is 21.3. The molecule has 4 amide bonds. The number of benzene rings is 2. The predicted octanol–water partition coefficient (Wildman–Crippen LogP) is 3.18. The topological polar surface area (TPSA) is 120 Å². The molecule has 2 aromatic rings. The zero-order chi connectivity index (χ0) is 31.1. The molecule has 0 spiro atoms. The highest BCUT2D eigenvalue weighted by Gasteiger charge is 2.45. The molecule has 1 aliphatic heterocycles. The van der Waals surface area contributed by atoms with Gasteiger partial charge >= 0.3 is 0 Å². The molecule has 4 N–H and O–H groups in total. The van der Waals surface area contributed by atoms with E-state index in [4.69, 9.17) is 0 Å². The number of fused-ring (bicyclic) bond motifs is 1. The van der Waals surface area contributed by atoms with Gasteiger partial charge in [0.15, 0.2) is 0 Å². The van der Waals surface area contributed by atoms with Gasteiger partial charge in [-0.15, -0.1) is 0 Å². The highest BCUT2D eigenvalue weighted by Crippen LogP contribution is 2.32. The third-order valence-corrected chi connectivity index (χ3v) is 9.66. The minimum Gasteiger partial charge on any atom is -0.351 e. The Hall–Kier alpha value is -3.72. The van der Waals surface area contributed by atoms with Crippen LogP contribution < -0.4 is 21.3 Å². The van der Waals surface area contributed by atoms with Gasteiger partial charge in [0.1, 0.15) is 12.1 Å². The molecule has 1 heterocycles. The molecule has 0 aromatic heterocycles. The summed E-state index contributed by atoms with van der Waals surface area (Å²) in [6.07, 6.45) is 8.19. The number of hydrogen-bond donors (Lipinski definition) is 4. The molecule has 44 heavy (non-hydrogen) atoms. The van der Waals surface area contributed by atoms with Gasteiger partial charge in [-0.3, -0.25) is 19.2 Å². The molecule has 5 unspecified atom stereocenters. The SMILES string of the molecule is CNC(C)C(=O)NC(C(=O)N1CC(NC(=O)Cc2ccccc2)CC1C(=O)NC1CCCc2ccccc21)C1CCCCC1. The lowest BCUT2D eigenvalue weighted by Crippen LogP contribution is -2.58. The van der Waals surface area contributed by atoms with Crippen LogP contribution >= 0.6 is 0 Å². The number of amides is 4. The van der Waals surface area contributed by atoms with Crippen LogP contribution in [0.4, 0.5) is 0 Å². The quantitative estimate of drug-likeness (QED) is 0.334. The monoisotopic (exact) mass is 601 g/mol. The smallest absolute Gasteiger partial charge is 0.246 e. The van der Waals surface area contributed by atoms with Gasteiger partial charge in [-0.25, -0.2) is 0 Å². The van der Waals surface area contributed by atoms with E-state index in [0.29, 0.717) is 6.42 Å². The van der Waals surface area contributed by atoms with Crippen LogP contribution in [0.5, 0.6) is 0 Å². The largest absolute Gasteiger partial charge is 0.351 e. The van der Waals surface area contributed by atoms with E-state index in [1.54, 1.807) is 18.9 Å². The zero-order valence-electron chi connectivity index (χ0n) is 26.0. The maximum atomic E-state index is 14.4. The Morgan fingerprint density at radius 2 is 1.61 bits per heavy atom. The maximum absolute atomic E-state index is 14.4. The Morgan fingerprint density at radius 3 is 2.36 bits per heavy atom. The van der Waals surface area contributed by atoms with E-state index in [1.165, 1.54) is 5.56 Å². The zero-order valence-corrected chi connectivity index (χ0v) is 26.0. The van der Waals surface area contributed by atoms with Gasteiger partial charge in [0, 0.05) is 12.6 Å². The van der Waals surface area contributed by atoms with Crippen LogP contribution in [0.1, 0.15) is 81.0 Å². The number of carbonyl (C=O) groups is 4. The van der Waals surface area contributed by atoms with Crippen LogP contribution in [0.25, 0.3) is 0 Å². The normalized spacial score (nSPS) is 23.2. The Balaban J connectivity index is 1.37. The second-order valence-corrected chi connectivity index (χ2v) is 12.7. The molecule has 2 aromatic carbocycles. The number of nitrogens with zero attached hydrogens (tertiary/aromatic N) is 1. The predicted molar refractivity (Wildman–Crippen MR) is 169 cm³/mol. The molecule has 3 aliphatic rings. The summed E-state index contributed by atoms with van der Waals surface area (Å²) in [5.41, 5.74) is 3.28. The van der Waals surface area contributed by atoms with E-state index in [9.17, 15) is 19.2 Å². The van der Waals surface area contributed by atoms with Gasteiger partial charge in [0.05, 0.1) is 18.5 Å². The summed E-state index contributed by atoms with van der Waals surface area (Å²) >= 11 is 0. The Kier molecular flexibility index (Phi) is 10.7. The number of hydrogen-bond acceptors (Lipinski definition) is 5. The Morgan fingerprint density at radius 1 is 0.886 bits per heavy atom. The van der Waals surface area contributed by atoms with E-state index in [-0.39, 0.29) is 54.6 Å². The number of likely N-dealkylation sites (tertiary alicyclic amines) is 1. The molecule has 5 rings (SSSR count). The van der Waals surface area contributed by atoms with E-state index in [1.807, 2.05) is 42.5 Å². The maximum Gasteiger partial charge on any atom is 0.246 e. The number of rotatable bonds is 10. The van der Waals surface area contributed by atoms with E-state index in [0.717, 1.165) is 62.5 Å². The number of aryl methyl sites for hydroxylation is 1. The first-order valence-corrected chi connectivity index (χ1v) is 16.3. The lowest BCUT2D eigenvalue weighted by atomic mass is 9.83. The van der Waals surface area contributed by atoms with E-state index < -0.39 is 18.1 Å². The fourth-order valence-corrected chi connectivity index (χ4v) is 7.10. The number of carbonyl (C=O) groups excluding carboxylic acids is 4. The Labute approximate surface area is 260 Å². The van der Waals surface area contributed by atoms with Crippen molar-refractivity contribution in [2.75, 3.05) is 13.6 Å². The lowest BCUT2D eigenvalue weighted by Gasteiger charge is -2.35.